The second-order valence-corrected chi connectivity index (χ2v) is 7.29. The minimum absolute atomic E-state index is 0.175. The van der Waals surface area contributed by atoms with Gasteiger partial charge < -0.3 is 4.74 Å². The van der Waals surface area contributed by atoms with Crippen molar-refractivity contribution in [2.24, 2.45) is 0 Å². The number of aromatic nitrogens is 1. The fourth-order valence-corrected chi connectivity index (χ4v) is 3.91. The summed E-state index contributed by atoms with van der Waals surface area (Å²) in [5.41, 5.74) is 0.645. The summed E-state index contributed by atoms with van der Waals surface area (Å²) in [6.07, 6.45) is 1.63. The Kier molecular flexibility index (Phi) is 5.16. The normalized spacial score (nSPS) is 13.7. The maximum atomic E-state index is 12.7. The van der Waals surface area contributed by atoms with Crippen LogP contribution < -0.4 is 0 Å². The monoisotopic (exact) mass is 328 g/mol. The van der Waals surface area contributed by atoms with E-state index in [0.29, 0.717) is 17.5 Å². The molecule has 1 atom stereocenters. The third-order valence-corrected chi connectivity index (χ3v) is 5.24. The molecule has 0 aliphatic rings. The molecule has 0 radical (unpaired) electrons. The van der Waals surface area contributed by atoms with Crippen LogP contribution in [0, 0.1) is 0 Å². The predicted molar refractivity (Wildman–Crippen MR) is 83.1 cm³/mol. The number of nitrogens with zero attached hydrogens (tertiary/aromatic N) is 2. The lowest BCUT2D eigenvalue weighted by molar-refractivity contribution is 0.192. The highest BCUT2D eigenvalue weighted by Gasteiger charge is 2.25. The SMILES string of the molecule is COCC(Cl)CN(C)S(=O)(=O)c1cccc2ncccc12. The zero-order valence-electron chi connectivity index (χ0n) is 11.9. The number of sulfonamides is 1. The van der Waals surface area contributed by atoms with Gasteiger partial charge >= 0.3 is 0 Å². The minimum Gasteiger partial charge on any atom is -0.383 e. The van der Waals surface area contributed by atoms with Crippen LogP contribution in [0.15, 0.2) is 41.4 Å². The molecule has 114 valence electrons. The summed E-state index contributed by atoms with van der Waals surface area (Å²) < 4.78 is 31.5. The average molecular weight is 329 g/mol. The van der Waals surface area contributed by atoms with Gasteiger partial charge in [-0.25, -0.2) is 8.42 Å². The van der Waals surface area contributed by atoms with Crippen LogP contribution in [0.5, 0.6) is 0 Å². The van der Waals surface area contributed by atoms with Crippen molar-refractivity contribution < 1.29 is 13.2 Å². The number of pyridine rings is 1. The largest absolute Gasteiger partial charge is 0.383 e. The number of ether oxygens (including phenoxy) is 1. The molecule has 5 nitrogen and oxygen atoms in total. The van der Waals surface area contributed by atoms with Crippen molar-refractivity contribution >= 4 is 32.5 Å². The molecule has 1 aromatic heterocycles. The second-order valence-electron chi connectivity index (χ2n) is 4.66. The number of fused-ring (bicyclic) bond motifs is 1. The topological polar surface area (TPSA) is 59.5 Å². The van der Waals surface area contributed by atoms with E-state index in [4.69, 9.17) is 16.3 Å². The van der Waals surface area contributed by atoms with Crippen LogP contribution in [0.1, 0.15) is 0 Å². The first-order chi connectivity index (χ1) is 9.96. The maximum absolute atomic E-state index is 12.7. The quantitative estimate of drug-likeness (QED) is 0.762. The summed E-state index contributed by atoms with van der Waals surface area (Å²) in [5, 5.41) is 0.201. The van der Waals surface area contributed by atoms with Gasteiger partial charge in [-0.1, -0.05) is 6.07 Å². The molecule has 1 unspecified atom stereocenters. The second kappa shape index (κ2) is 6.70. The molecule has 0 fully saturated rings. The van der Waals surface area contributed by atoms with E-state index in [-0.39, 0.29) is 11.4 Å². The molecule has 2 aromatic rings. The van der Waals surface area contributed by atoms with Crippen molar-refractivity contribution in [3.63, 3.8) is 0 Å². The first kappa shape index (κ1) is 16.2. The van der Waals surface area contributed by atoms with Gasteiger partial charge in [0.15, 0.2) is 0 Å². The number of hydrogen-bond acceptors (Lipinski definition) is 4. The van der Waals surface area contributed by atoms with E-state index in [1.54, 1.807) is 36.5 Å². The van der Waals surface area contributed by atoms with Crippen LogP contribution in [0.4, 0.5) is 0 Å². The highest BCUT2D eigenvalue weighted by atomic mass is 35.5. The Morgan fingerprint density at radius 2 is 2.10 bits per heavy atom. The Morgan fingerprint density at radius 3 is 2.81 bits per heavy atom. The van der Waals surface area contributed by atoms with Gasteiger partial charge in [0.05, 0.1) is 22.4 Å². The summed E-state index contributed by atoms with van der Waals surface area (Å²) in [6.45, 7) is 0.465. The van der Waals surface area contributed by atoms with Crippen LogP contribution >= 0.6 is 11.6 Å². The number of methoxy groups -OCH3 is 1. The van der Waals surface area contributed by atoms with E-state index < -0.39 is 15.4 Å². The molecule has 0 N–H and O–H groups in total. The van der Waals surface area contributed by atoms with Gasteiger partial charge in [-0.05, 0) is 24.3 Å². The zero-order valence-corrected chi connectivity index (χ0v) is 13.4. The predicted octanol–water partition coefficient (Wildman–Crippen LogP) is 2.11. The van der Waals surface area contributed by atoms with Crippen molar-refractivity contribution in [2.75, 3.05) is 27.3 Å². The Hall–Kier alpha value is -1.21. The summed E-state index contributed by atoms with van der Waals surface area (Å²) >= 11 is 6.04. The van der Waals surface area contributed by atoms with Gasteiger partial charge in [-0.2, -0.15) is 4.31 Å². The van der Waals surface area contributed by atoms with E-state index in [9.17, 15) is 8.42 Å². The first-order valence-corrected chi connectivity index (χ1v) is 8.27. The number of hydrogen-bond donors (Lipinski definition) is 0. The minimum atomic E-state index is -3.63. The molecule has 0 spiro atoms. The van der Waals surface area contributed by atoms with Crippen molar-refractivity contribution in [2.45, 2.75) is 10.3 Å². The van der Waals surface area contributed by atoms with Crippen LogP contribution in [-0.4, -0.2) is 50.4 Å². The molecular weight excluding hydrogens is 312 g/mol. The fraction of sp³-hybridized carbons (Fsp3) is 0.357. The van der Waals surface area contributed by atoms with Crippen LogP contribution in [0.25, 0.3) is 10.9 Å². The Balaban J connectivity index is 2.38. The molecule has 0 saturated heterocycles. The Morgan fingerprint density at radius 1 is 1.33 bits per heavy atom. The van der Waals surface area contributed by atoms with Gasteiger partial charge in [0, 0.05) is 32.3 Å². The summed E-state index contributed by atoms with van der Waals surface area (Å²) in [5.74, 6) is 0. The van der Waals surface area contributed by atoms with Crippen molar-refractivity contribution in [3.05, 3.63) is 36.5 Å². The Labute approximate surface area is 129 Å². The summed E-state index contributed by atoms with van der Waals surface area (Å²) in [7, 11) is -0.588. The molecule has 0 amide bonds. The standard InChI is InChI=1S/C14H17ClN2O3S/c1-17(9-11(15)10-20-2)21(18,19)14-7-3-6-13-12(14)5-4-8-16-13/h3-8,11H,9-10H2,1-2H3. The molecule has 1 heterocycles. The Bertz CT molecular complexity index is 716. The lowest BCUT2D eigenvalue weighted by atomic mass is 10.2. The molecule has 0 saturated carbocycles. The van der Waals surface area contributed by atoms with E-state index in [1.807, 2.05) is 0 Å². The number of rotatable bonds is 6. The van der Waals surface area contributed by atoms with E-state index >= 15 is 0 Å². The van der Waals surface area contributed by atoms with Crippen LogP contribution in [0.3, 0.4) is 0 Å². The van der Waals surface area contributed by atoms with Crippen molar-refractivity contribution in [1.82, 2.24) is 9.29 Å². The van der Waals surface area contributed by atoms with E-state index in [0.717, 1.165) is 0 Å². The average Bonchev–Trinajstić information content (AvgIpc) is 2.46. The van der Waals surface area contributed by atoms with Gasteiger partial charge in [-0.15, -0.1) is 11.6 Å². The molecular formula is C14H17ClN2O3S. The highest BCUT2D eigenvalue weighted by Crippen LogP contribution is 2.24. The molecule has 21 heavy (non-hydrogen) atoms. The molecule has 2 rings (SSSR count). The van der Waals surface area contributed by atoms with Gasteiger partial charge in [0.25, 0.3) is 0 Å². The molecule has 0 bridgehead atoms. The van der Waals surface area contributed by atoms with Crippen molar-refractivity contribution in [3.8, 4) is 0 Å². The first-order valence-electron chi connectivity index (χ1n) is 6.40. The van der Waals surface area contributed by atoms with Gasteiger partial charge in [0.1, 0.15) is 0 Å². The van der Waals surface area contributed by atoms with Gasteiger partial charge in [0.2, 0.25) is 10.0 Å². The highest BCUT2D eigenvalue weighted by molar-refractivity contribution is 7.89. The van der Waals surface area contributed by atoms with E-state index in [2.05, 4.69) is 4.98 Å². The number of halogens is 1. The van der Waals surface area contributed by atoms with Crippen LogP contribution in [0.2, 0.25) is 0 Å². The number of alkyl halides is 1. The number of benzene rings is 1. The fourth-order valence-electron chi connectivity index (χ4n) is 2.08. The lowest BCUT2D eigenvalue weighted by Crippen LogP contribution is -2.34. The molecule has 0 aliphatic carbocycles. The summed E-state index contributed by atoms with van der Waals surface area (Å²) in [4.78, 5) is 4.41. The van der Waals surface area contributed by atoms with Gasteiger partial charge in [-0.3, -0.25) is 4.98 Å². The van der Waals surface area contributed by atoms with E-state index in [1.165, 1.54) is 18.5 Å². The third kappa shape index (κ3) is 3.52. The third-order valence-electron chi connectivity index (χ3n) is 3.10. The smallest absolute Gasteiger partial charge is 0.243 e. The van der Waals surface area contributed by atoms with Crippen molar-refractivity contribution in [1.29, 1.82) is 0 Å². The zero-order chi connectivity index (χ0) is 15.5. The molecule has 0 aliphatic heterocycles. The molecule has 1 aromatic carbocycles. The van der Waals surface area contributed by atoms with Crippen LogP contribution in [-0.2, 0) is 14.8 Å². The lowest BCUT2D eigenvalue weighted by Gasteiger charge is -2.20. The molecule has 7 heteroatoms. The summed E-state index contributed by atoms with van der Waals surface area (Å²) in [6, 6.07) is 8.51. The maximum Gasteiger partial charge on any atom is 0.243 e.